The Balaban J connectivity index is 1.42. The van der Waals surface area contributed by atoms with Gasteiger partial charge < -0.3 is 31.1 Å². The van der Waals surface area contributed by atoms with Crippen LogP contribution in [0.3, 0.4) is 0 Å². The molecule has 4 atom stereocenters. The highest BCUT2D eigenvalue weighted by Gasteiger charge is 2.40. The van der Waals surface area contributed by atoms with Crippen LogP contribution < -0.4 is 26.0 Å². The fraction of sp³-hybridized carbons (Fsp3) is 0.305. The lowest BCUT2D eigenvalue weighted by atomic mass is 9.84. The second-order valence-electron chi connectivity index (χ2n) is 20.1. The first-order chi connectivity index (χ1) is 34.3. The molecule has 0 bridgehead atoms. The van der Waals surface area contributed by atoms with Crippen LogP contribution >= 0.6 is 23.4 Å². The van der Waals surface area contributed by atoms with Crippen molar-refractivity contribution in [3.8, 4) is 5.75 Å². The summed E-state index contributed by atoms with van der Waals surface area (Å²) in [6, 6.07) is 47.7. The van der Waals surface area contributed by atoms with Gasteiger partial charge in [-0.2, -0.15) is 0 Å². The summed E-state index contributed by atoms with van der Waals surface area (Å²) in [5, 5.41) is 22.5. The van der Waals surface area contributed by atoms with Gasteiger partial charge in [0.15, 0.2) is 0 Å². The highest BCUT2D eigenvalue weighted by atomic mass is 35.5. The van der Waals surface area contributed by atoms with E-state index in [1.165, 1.54) is 11.8 Å². The number of nitrogens with one attached hydrogen (secondary N) is 4. The van der Waals surface area contributed by atoms with E-state index in [9.17, 15) is 24.3 Å². The molecule has 0 aliphatic carbocycles. The predicted molar refractivity (Wildman–Crippen MR) is 287 cm³/mol. The maximum absolute atomic E-state index is 15.3. The van der Waals surface area contributed by atoms with E-state index in [-0.39, 0.29) is 37.3 Å². The predicted octanol–water partition coefficient (Wildman–Crippen LogP) is 9.73. The molecule has 0 fully saturated rings. The fourth-order valence-corrected chi connectivity index (χ4v) is 10.00. The van der Waals surface area contributed by atoms with Crippen molar-refractivity contribution < 1.29 is 33.8 Å². The average Bonchev–Trinajstić information content (AvgIpc) is 3.34. The zero-order valence-electron chi connectivity index (χ0n) is 41.7. The molecule has 0 unspecified atom stereocenters. The first kappa shape index (κ1) is 54.4. The van der Waals surface area contributed by atoms with E-state index >= 15 is 4.79 Å². The molecule has 6 aromatic rings. The van der Waals surface area contributed by atoms with Crippen molar-refractivity contribution in [1.82, 2.24) is 21.3 Å². The van der Waals surface area contributed by atoms with Crippen LogP contribution in [0.1, 0.15) is 81.3 Å². The molecule has 0 heterocycles. The van der Waals surface area contributed by atoms with Crippen molar-refractivity contribution in [3.63, 3.8) is 0 Å². The monoisotopic (exact) mass is 1010 g/mol. The van der Waals surface area contributed by atoms with Crippen molar-refractivity contribution in [2.75, 3.05) is 5.75 Å². The Hall–Kier alpha value is -6.89. The van der Waals surface area contributed by atoms with Crippen molar-refractivity contribution in [2.45, 2.75) is 102 Å². The topological polar surface area (TPSA) is 163 Å². The highest BCUT2D eigenvalue weighted by Crippen LogP contribution is 2.48. The van der Waals surface area contributed by atoms with E-state index in [0.29, 0.717) is 21.9 Å². The van der Waals surface area contributed by atoms with E-state index < -0.39 is 63.6 Å². The SMILES string of the molecule is CC(C)(C)CC(=O)N[C@@H](Cc1ccc(Cl)cc1)C(=O)N[C@H](CSC(c1ccccc1)(c1ccccc1)c1ccccc1)C(=O)N[C@@H](Cc1ccc(OC(C)(C)C)cc1)C(=O)N[C@H](Cc1ccccc1)C(=O)O. The van der Waals surface area contributed by atoms with Crippen molar-refractivity contribution in [2.24, 2.45) is 5.41 Å². The van der Waals surface area contributed by atoms with Crippen LogP contribution in [0.5, 0.6) is 5.75 Å². The molecule has 0 radical (unpaired) electrons. The molecule has 0 aliphatic heterocycles. The van der Waals surface area contributed by atoms with Crippen LogP contribution in [0.4, 0.5) is 0 Å². The minimum absolute atomic E-state index is 0.00672. The van der Waals surface area contributed by atoms with Gasteiger partial charge in [0.2, 0.25) is 23.6 Å². The second-order valence-corrected chi connectivity index (χ2v) is 21.7. The quantitative estimate of drug-likeness (QED) is 0.0420. The third-order valence-electron chi connectivity index (χ3n) is 11.7. The molecule has 0 aliphatic rings. The minimum Gasteiger partial charge on any atom is -0.488 e. The van der Waals surface area contributed by atoms with E-state index in [1.807, 2.05) is 139 Å². The summed E-state index contributed by atoms with van der Waals surface area (Å²) in [6.45, 7) is 11.6. The Morgan fingerprint density at radius 3 is 1.32 bits per heavy atom. The Morgan fingerprint density at radius 1 is 0.500 bits per heavy atom. The lowest BCUT2D eigenvalue weighted by Gasteiger charge is -2.37. The summed E-state index contributed by atoms with van der Waals surface area (Å²) in [7, 11) is 0. The van der Waals surface area contributed by atoms with Gasteiger partial charge in [0.25, 0.3) is 0 Å². The molecule has 0 saturated heterocycles. The van der Waals surface area contributed by atoms with Gasteiger partial charge in [0, 0.05) is 36.5 Å². The summed E-state index contributed by atoms with van der Waals surface area (Å²) < 4.78 is 5.13. The number of halogens is 1. The number of benzene rings is 6. The number of rotatable bonds is 22. The number of carbonyl (C=O) groups excluding carboxylic acids is 4. The minimum atomic E-state index is -1.33. The van der Waals surface area contributed by atoms with E-state index in [2.05, 4.69) is 21.3 Å². The average molecular weight is 1010 g/mol. The molecule has 4 amide bonds. The lowest BCUT2D eigenvalue weighted by Crippen LogP contribution is -2.59. The molecule has 11 nitrogen and oxygen atoms in total. The Morgan fingerprint density at radius 2 is 0.875 bits per heavy atom. The summed E-state index contributed by atoms with van der Waals surface area (Å²) >= 11 is 7.68. The van der Waals surface area contributed by atoms with Crippen LogP contribution in [-0.4, -0.2) is 70.2 Å². The van der Waals surface area contributed by atoms with Crippen molar-refractivity contribution in [1.29, 1.82) is 0 Å². The van der Waals surface area contributed by atoms with Crippen molar-refractivity contribution in [3.05, 3.63) is 208 Å². The van der Waals surface area contributed by atoms with Crippen LogP contribution in [0.2, 0.25) is 5.02 Å². The molecule has 0 aromatic heterocycles. The Bertz CT molecular complexity index is 2620. The summed E-state index contributed by atoms with van der Waals surface area (Å²) in [4.78, 5) is 71.1. The number of thioether (sulfide) groups is 1. The highest BCUT2D eigenvalue weighted by molar-refractivity contribution is 8.00. The van der Waals surface area contributed by atoms with Gasteiger partial charge in [-0.1, -0.05) is 178 Å². The van der Waals surface area contributed by atoms with Gasteiger partial charge in [-0.3, -0.25) is 19.2 Å². The molecule has 72 heavy (non-hydrogen) atoms. The van der Waals surface area contributed by atoms with E-state index in [1.54, 1.807) is 72.8 Å². The smallest absolute Gasteiger partial charge is 0.326 e. The first-order valence-electron chi connectivity index (χ1n) is 24.1. The van der Waals surface area contributed by atoms with Crippen LogP contribution in [0, 0.1) is 5.41 Å². The van der Waals surface area contributed by atoms with Gasteiger partial charge in [-0.15, -0.1) is 11.8 Å². The van der Waals surface area contributed by atoms with Gasteiger partial charge in [0.05, 0.1) is 4.75 Å². The second kappa shape index (κ2) is 25.0. The first-order valence-corrected chi connectivity index (χ1v) is 25.4. The molecular weight excluding hydrogens is 944 g/mol. The zero-order chi connectivity index (χ0) is 51.9. The van der Waals surface area contributed by atoms with E-state index in [4.69, 9.17) is 16.3 Å². The van der Waals surface area contributed by atoms with Gasteiger partial charge in [0.1, 0.15) is 35.5 Å². The molecule has 13 heteroatoms. The zero-order valence-corrected chi connectivity index (χ0v) is 43.3. The normalized spacial score (nSPS) is 13.4. The van der Waals surface area contributed by atoms with Gasteiger partial charge >= 0.3 is 5.97 Å². The maximum Gasteiger partial charge on any atom is 0.326 e. The molecular formula is C59H65ClN4O7S. The largest absolute Gasteiger partial charge is 0.488 e. The summed E-state index contributed by atoms with van der Waals surface area (Å²) in [5.41, 5.74) is 3.97. The third-order valence-corrected chi connectivity index (χ3v) is 13.5. The van der Waals surface area contributed by atoms with Crippen LogP contribution in [0.15, 0.2) is 170 Å². The third kappa shape index (κ3) is 16.1. The number of carboxylic acids is 1. The number of aliphatic carboxylic acids is 1. The number of carbonyl (C=O) groups is 5. The summed E-state index contributed by atoms with van der Waals surface area (Å²) in [5.74, 6) is -3.08. The van der Waals surface area contributed by atoms with Crippen LogP contribution in [0.25, 0.3) is 0 Å². The maximum atomic E-state index is 15.3. The molecule has 6 rings (SSSR count). The lowest BCUT2D eigenvalue weighted by molar-refractivity contribution is -0.142. The van der Waals surface area contributed by atoms with Crippen molar-refractivity contribution >= 4 is 53.0 Å². The number of hydrogen-bond donors (Lipinski definition) is 5. The van der Waals surface area contributed by atoms with Gasteiger partial charge in [-0.25, -0.2) is 4.79 Å². The van der Waals surface area contributed by atoms with Gasteiger partial charge in [-0.05, 0) is 83.8 Å². The molecule has 6 aromatic carbocycles. The number of hydrogen-bond acceptors (Lipinski definition) is 7. The summed E-state index contributed by atoms with van der Waals surface area (Å²) in [6.07, 6.45) is 0.170. The number of carboxylic acid groups (broad SMARTS) is 1. The fourth-order valence-electron chi connectivity index (χ4n) is 8.31. The Labute approximate surface area is 432 Å². The van der Waals surface area contributed by atoms with E-state index in [0.717, 1.165) is 22.3 Å². The Kier molecular flexibility index (Phi) is 18.9. The molecule has 376 valence electrons. The molecule has 0 spiro atoms. The molecule has 0 saturated carbocycles. The van der Waals surface area contributed by atoms with Crippen LogP contribution in [-0.2, 0) is 48.0 Å². The number of ether oxygens (including phenoxy) is 1. The number of amides is 4. The standard InChI is InChI=1S/C59H65ClN4O7S/c1-57(2,3)38-52(65)61-48(35-41-27-31-46(60)32-28-41)53(66)64-51(39-72-59(43-21-13-8-14-22-43,44-23-15-9-16-24-44)45-25-17-10-18-26-45)55(68)62-49(36-42-29-33-47(34-30-42)71-58(4,5)6)54(67)63-50(56(69)70)37-40-19-11-7-12-20-40/h7-34,48-51H,35-39H2,1-6H3,(H,61,65)(H,62,68)(H,63,67)(H,64,66)(H,69,70)/t48-,49-,50+,51+/m0/s1. The molecule has 5 N–H and O–H groups in total.